The number of hydrogen-bond acceptors (Lipinski definition) is 4. The molecule has 0 heterocycles. The Balaban J connectivity index is 1.66. The number of para-hydroxylation sites is 1. The molecule has 0 aliphatic rings. The number of amides is 1. The van der Waals surface area contributed by atoms with Crippen molar-refractivity contribution in [1.29, 1.82) is 0 Å². The number of nitrogens with one attached hydrogen (secondary N) is 2. The first-order chi connectivity index (χ1) is 15.1. The lowest BCUT2D eigenvalue weighted by Gasteiger charge is -2.16. The van der Waals surface area contributed by atoms with E-state index in [9.17, 15) is 13.2 Å². The van der Waals surface area contributed by atoms with Crippen LogP contribution in [-0.2, 0) is 14.8 Å². The molecule has 0 spiro atoms. The molecule has 2 N–H and O–H groups in total. The van der Waals surface area contributed by atoms with Crippen LogP contribution in [0.3, 0.4) is 0 Å². The molecule has 1 amide bonds. The van der Waals surface area contributed by atoms with Gasteiger partial charge in [0.15, 0.2) is 6.10 Å². The van der Waals surface area contributed by atoms with Crippen molar-refractivity contribution in [3.63, 3.8) is 0 Å². The minimum Gasteiger partial charge on any atom is -0.481 e. The van der Waals surface area contributed by atoms with Gasteiger partial charge in [-0.1, -0.05) is 35.3 Å². The second-order valence-electron chi connectivity index (χ2n) is 7.23. The van der Waals surface area contributed by atoms with Crippen molar-refractivity contribution in [1.82, 2.24) is 0 Å². The van der Waals surface area contributed by atoms with Gasteiger partial charge < -0.3 is 10.1 Å². The molecule has 32 heavy (non-hydrogen) atoms. The van der Waals surface area contributed by atoms with Gasteiger partial charge in [-0.15, -0.1) is 0 Å². The molecule has 0 bridgehead atoms. The summed E-state index contributed by atoms with van der Waals surface area (Å²) in [6.45, 7) is 5.35. The van der Waals surface area contributed by atoms with Crippen LogP contribution >= 0.6 is 23.2 Å². The minimum absolute atomic E-state index is 0.0341. The van der Waals surface area contributed by atoms with E-state index < -0.39 is 16.1 Å². The van der Waals surface area contributed by atoms with Crippen molar-refractivity contribution in [2.45, 2.75) is 31.8 Å². The van der Waals surface area contributed by atoms with E-state index in [0.717, 1.165) is 11.1 Å². The van der Waals surface area contributed by atoms with Gasteiger partial charge in [-0.05, 0) is 80.4 Å². The predicted octanol–water partition coefficient (Wildman–Crippen LogP) is 5.82. The van der Waals surface area contributed by atoms with Gasteiger partial charge in [0.25, 0.3) is 15.9 Å². The highest BCUT2D eigenvalue weighted by atomic mass is 35.5. The number of ether oxygens (including phenoxy) is 1. The van der Waals surface area contributed by atoms with Crippen LogP contribution in [0.5, 0.6) is 5.75 Å². The van der Waals surface area contributed by atoms with Gasteiger partial charge in [-0.25, -0.2) is 8.42 Å². The fourth-order valence-electron chi connectivity index (χ4n) is 2.94. The maximum atomic E-state index is 12.6. The van der Waals surface area contributed by atoms with E-state index in [4.69, 9.17) is 27.9 Å². The first kappa shape index (κ1) is 23.9. The van der Waals surface area contributed by atoms with Crippen LogP contribution in [0.1, 0.15) is 18.1 Å². The fourth-order valence-corrected chi connectivity index (χ4v) is 4.37. The lowest BCUT2D eigenvalue weighted by Crippen LogP contribution is -2.30. The number of rotatable bonds is 7. The number of anilines is 2. The maximum absolute atomic E-state index is 12.6. The van der Waals surface area contributed by atoms with Crippen LogP contribution in [0.2, 0.25) is 10.0 Å². The molecular weight excluding hydrogens is 471 g/mol. The molecule has 1 atom stereocenters. The molecule has 0 unspecified atom stereocenters. The molecule has 0 radical (unpaired) electrons. The molecule has 0 aliphatic carbocycles. The summed E-state index contributed by atoms with van der Waals surface area (Å²) in [7, 11) is -3.83. The molecule has 9 heteroatoms. The molecule has 0 saturated carbocycles. The first-order valence-corrected chi connectivity index (χ1v) is 11.9. The Bertz CT molecular complexity index is 1220. The normalized spacial score (nSPS) is 12.2. The van der Waals surface area contributed by atoms with Crippen molar-refractivity contribution in [2.24, 2.45) is 0 Å². The first-order valence-electron chi connectivity index (χ1n) is 9.68. The number of aryl methyl sites for hydroxylation is 2. The zero-order valence-electron chi connectivity index (χ0n) is 17.6. The van der Waals surface area contributed by atoms with Crippen LogP contribution in [0, 0.1) is 13.8 Å². The molecule has 0 saturated heterocycles. The summed E-state index contributed by atoms with van der Waals surface area (Å²) in [4.78, 5) is 12.5. The number of sulfonamides is 1. The highest BCUT2D eigenvalue weighted by molar-refractivity contribution is 7.92. The zero-order valence-corrected chi connectivity index (χ0v) is 20.0. The lowest BCUT2D eigenvalue weighted by molar-refractivity contribution is -0.122. The van der Waals surface area contributed by atoms with Gasteiger partial charge in [0.1, 0.15) is 5.75 Å². The maximum Gasteiger partial charge on any atom is 0.265 e. The number of carbonyl (C=O) groups excluding carboxylic acids is 1. The van der Waals surface area contributed by atoms with Crippen molar-refractivity contribution >= 4 is 50.5 Å². The standard InChI is InChI=1S/C23H22Cl2N2O4S/c1-14-12-18(13-15(2)22(14)25)31-16(3)23(28)26-17-8-10-19(11-9-17)32(29,30)27-21-7-5-4-6-20(21)24/h4-13,16,27H,1-3H3,(H,26,28)/t16-/m0/s1. The smallest absolute Gasteiger partial charge is 0.265 e. The summed E-state index contributed by atoms with van der Waals surface area (Å²) in [6, 6.07) is 15.9. The molecule has 3 aromatic rings. The average molecular weight is 493 g/mol. The Morgan fingerprint density at radius 2 is 1.56 bits per heavy atom. The summed E-state index contributed by atoms with van der Waals surface area (Å²) in [6.07, 6.45) is -0.778. The third-order valence-electron chi connectivity index (χ3n) is 4.64. The van der Waals surface area contributed by atoms with E-state index in [2.05, 4.69) is 10.0 Å². The Kier molecular flexibility index (Phi) is 7.33. The molecule has 168 valence electrons. The summed E-state index contributed by atoms with van der Waals surface area (Å²) in [5.41, 5.74) is 2.43. The largest absolute Gasteiger partial charge is 0.481 e. The third kappa shape index (κ3) is 5.73. The number of halogens is 2. The van der Waals surface area contributed by atoms with Crippen molar-refractivity contribution in [3.05, 3.63) is 81.8 Å². The molecular formula is C23H22Cl2N2O4S. The van der Waals surface area contributed by atoms with Gasteiger partial charge in [0.05, 0.1) is 15.6 Å². The van der Waals surface area contributed by atoms with Gasteiger partial charge in [-0.3, -0.25) is 9.52 Å². The van der Waals surface area contributed by atoms with E-state index in [-0.39, 0.29) is 16.5 Å². The SMILES string of the molecule is Cc1cc(O[C@@H](C)C(=O)Nc2ccc(S(=O)(=O)Nc3ccccc3Cl)cc2)cc(C)c1Cl. The predicted molar refractivity (Wildman–Crippen MR) is 128 cm³/mol. The monoisotopic (exact) mass is 492 g/mol. The Morgan fingerprint density at radius 1 is 0.969 bits per heavy atom. The van der Waals surface area contributed by atoms with Crippen molar-refractivity contribution in [3.8, 4) is 5.75 Å². The van der Waals surface area contributed by atoms with Gasteiger partial charge in [0, 0.05) is 10.7 Å². The fraction of sp³-hybridized carbons (Fsp3) is 0.174. The van der Waals surface area contributed by atoms with Crippen LogP contribution in [0.25, 0.3) is 0 Å². The van der Waals surface area contributed by atoms with Crippen molar-refractivity contribution < 1.29 is 17.9 Å². The van der Waals surface area contributed by atoms with Crippen molar-refractivity contribution in [2.75, 3.05) is 10.0 Å². The third-order valence-corrected chi connectivity index (χ3v) is 6.95. The van der Waals surface area contributed by atoms with Crippen LogP contribution in [-0.4, -0.2) is 20.4 Å². The number of benzene rings is 3. The molecule has 6 nitrogen and oxygen atoms in total. The van der Waals surface area contributed by atoms with E-state index in [1.165, 1.54) is 24.3 Å². The highest BCUT2D eigenvalue weighted by Gasteiger charge is 2.18. The highest BCUT2D eigenvalue weighted by Crippen LogP contribution is 2.27. The average Bonchev–Trinajstić information content (AvgIpc) is 2.74. The Hall–Kier alpha value is -2.74. The second-order valence-corrected chi connectivity index (χ2v) is 9.70. The van der Waals surface area contributed by atoms with Gasteiger partial charge in [0.2, 0.25) is 0 Å². The molecule has 0 aliphatic heterocycles. The van der Waals surface area contributed by atoms with E-state index in [0.29, 0.717) is 21.5 Å². The summed E-state index contributed by atoms with van der Waals surface area (Å²) < 4.78 is 33.4. The summed E-state index contributed by atoms with van der Waals surface area (Å²) >= 11 is 12.2. The topological polar surface area (TPSA) is 84.5 Å². The Morgan fingerprint density at radius 3 is 2.16 bits per heavy atom. The van der Waals surface area contributed by atoms with E-state index >= 15 is 0 Å². The quantitative estimate of drug-likeness (QED) is 0.435. The minimum atomic E-state index is -3.83. The summed E-state index contributed by atoms with van der Waals surface area (Å²) in [5, 5.41) is 3.67. The number of carbonyl (C=O) groups is 1. The second kappa shape index (κ2) is 9.81. The van der Waals surface area contributed by atoms with Gasteiger partial charge in [-0.2, -0.15) is 0 Å². The lowest BCUT2D eigenvalue weighted by atomic mass is 10.1. The van der Waals surface area contributed by atoms with Crippen LogP contribution < -0.4 is 14.8 Å². The molecule has 3 aromatic carbocycles. The Labute approximate surface area is 197 Å². The molecule has 0 aromatic heterocycles. The van der Waals surface area contributed by atoms with Gasteiger partial charge >= 0.3 is 0 Å². The van der Waals surface area contributed by atoms with E-state index in [1.807, 2.05) is 13.8 Å². The molecule has 0 fully saturated rings. The van der Waals surface area contributed by atoms with Crippen LogP contribution in [0.15, 0.2) is 65.6 Å². The van der Waals surface area contributed by atoms with Crippen LogP contribution in [0.4, 0.5) is 11.4 Å². The molecule has 3 rings (SSSR count). The summed E-state index contributed by atoms with van der Waals surface area (Å²) in [5.74, 6) is 0.166. The zero-order chi connectivity index (χ0) is 23.5. The number of hydrogen-bond donors (Lipinski definition) is 2. The van der Waals surface area contributed by atoms with E-state index in [1.54, 1.807) is 43.3 Å².